The van der Waals surface area contributed by atoms with E-state index >= 15 is 0 Å². The highest BCUT2D eigenvalue weighted by molar-refractivity contribution is 5.45. The van der Waals surface area contributed by atoms with Gasteiger partial charge in [0, 0.05) is 12.6 Å². The van der Waals surface area contributed by atoms with Crippen molar-refractivity contribution in [2.45, 2.75) is 45.2 Å². The summed E-state index contributed by atoms with van der Waals surface area (Å²) in [5, 5.41) is 12.6. The van der Waals surface area contributed by atoms with E-state index in [1.807, 2.05) is 18.2 Å². The second-order valence-corrected chi connectivity index (χ2v) is 5.48. The number of nitriles is 1. The van der Waals surface area contributed by atoms with Crippen molar-refractivity contribution in [3.63, 3.8) is 0 Å². The van der Waals surface area contributed by atoms with Crippen LogP contribution in [-0.4, -0.2) is 13.2 Å². The van der Waals surface area contributed by atoms with Gasteiger partial charge in [0.05, 0.1) is 12.7 Å². The zero-order chi connectivity index (χ0) is 13.7. The molecule has 2 rings (SSSR count). The van der Waals surface area contributed by atoms with Crippen LogP contribution in [0.3, 0.4) is 0 Å². The van der Waals surface area contributed by atoms with Crippen LogP contribution in [0.5, 0.6) is 5.75 Å². The molecule has 0 spiro atoms. The number of benzene rings is 1. The third-order valence-corrected chi connectivity index (χ3v) is 4.00. The molecule has 19 heavy (non-hydrogen) atoms. The molecule has 0 aliphatic heterocycles. The third kappa shape index (κ3) is 3.71. The van der Waals surface area contributed by atoms with Gasteiger partial charge in [0.25, 0.3) is 0 Å². The van der Waals surface area contributed by atoms with Gasteiger partial charge in [-0.25, -0.2) is 0 Å². The highest BCUT2D eigenvalue weighted by Gasteiger charge is 2.17. The largest absolute Gasteiger partial charge is 0.495 e. The van der Waals surface area contributed by atoms with E-state index in [1.54, 1.807) is 7.11 Å². The highest BCUT2D eigenvalue weighted by atomic mass is 16.5. The molecule has 0 atom stereocenters. The van der Waals surface area contributed by atoms with Crippen molar-refractivity contribution in [1.29, 1.82) is 5.26 Å². The lowest BCUT2D eigenvalue weighted by Gasteiger charge is -2.27. The van der Waals surface area contributed by atoms with Gasteiger partial charge in [0.2, 0.25) is 0 Å². The van der Waals surface area contributed by atoms with E-state index in [2.05, 4.69) is 18.3 Å². The van der Waals surface area contributed by atoms with Crippen molar-refractivity contribution >= 4 is 0 Å². The van der Waals surface area contributed by atoms with Gasteiger partial charge in [0.15, 0.2) is 0 Å². The summed E-state index contributed by atoms with van der Waals surface area (Å²) in [6, 6.07) is 8.56. The average molecular weight is 258 g/mol. The second-order valence-electron chi connectivity index (χ2n) is 5.48. The minimum Gasteiger partial charge on any atom is -0.495 e. The van der Waals surface area contributed by atoms with E-state index in [4.69, 9.17) is 10.00 Å². The van der Waals surface area contributed by atoms with E-state index in [1.165, 1.54) is 31.2 Å². The molecule has 0 unspecified atom stereocenters. The molecule has 0 radical (unpaired) electrons. The summed E-state index contributed by atoms with van der Waals surface area (Å²) in [6.45, 7) is 3.18. The molecule has 0 saturated heterocycles. The molecular weight excluding hydrogens is 236 g/mol. The van der Waals surface area contributed by atoms with Gasteiger partial charge < -0.3 is 10.1 Å². The van der Waals surface area contributed by atoms with E-state index in [0.29, 0.717) is 17.4 Å². The maximum Gasteiger partial charge on any atom is 0.136 e. The number of methoxy groups -OCH3 is 1. The van der Waals surface area contributed by atoms with E-state index < -0.39 is 0 Å². The SMILES string of the molecule is COc1cc(CNC2CCC(C)CC2)ccc1C#N. The van der Waals surface area contributed by atoms with Crippen LogP contribution in [0, 0.1) is 17.2 Å². The molecule has 0 heterocycles. The monoisotopic (exact) mass is 258 g/mol. The fourth-order valence-electron chi connectivity index (χ4n) is 2.66. The van der Waals surface area contributed by atoms with Gasteiger partial charge >= 0.3 is 0 Å². The summed E-state index contributed by atoms with van der Waals surface area (Å²) in [6.07, 6.45) is 5.20. The Morgan fingerprint density at radius 3 is 2.68 bits per heavy atom. The van der Waals surface area contributed by atoms with Gasteiger partial charge in [-0.15, -0.1) is 0 Å². The average Bonchev–Trinajstić information content (AvgIpc) is 2.46. The van der Waals surface area contributed by atoms with E-state index in [9.17, 15) is 0 Å². The van der Waals surface area contributed by atoms with Gasteiger partial charge in [0.1, 0.15) is 11.8 Å². The molecule has 1 aliphatic carbocycles. The van der Waals surface area contributed by atoms with Crippen molar-refractivity contribution in [1.82, 2.24) is 5.32 Å². The molecule has 1 fully saturated rings. The molecule has 0 amide bonds. The van der Waals surface area contributed by atoms with Crippen LogP contribution in [-0.2, 0) is 6.54 Å². The third-order valence-electron chi connectivity index (χ3n) is 4.00. The van der Waals surface area contributed by atoms with Gasteiger partial charge in [-0.05, 0) is 49.3 Å². The number of rotatable bonds is 4. The quantitative estimate of drug-likeness (QED) is 0.901. The zero-order valence-electron chi connectivity index (χ0n) is 11.8. The van der Waals surface area contributed by atoms with Gasteiger partial charge in [-0.2, -0.15) is 5.26 Å². The van der Waals surface area contributed by atoms with Crippen LogP contribution in [0.15, 0.2) is 18.2 Å². The lowest BCUT2D eigenvalue weighted by molar-refractivity contribution is 0.306. The van der Waals surface area contributed by atoms with E-state index in [-0.39, 0.29) is 0 Å². The minimum absolute atomic E-state index is 0.595. The van der Waals surface area contributed by atoms with Crippen LogP contribution in [0.2, 0.25) is 0 Å². The van der Waals surface area contributed by atoms with Crippen molar-refractivity contribution in [2.75, 3.05) is 7.11 Å². The molecule has 1 aromatic carbocycles. The Morgan fingerprint density at radius 2 is 2.05 bits per heavy atom. The summed E-state index contributed by atoms with van der Waals surface area (Å²) >= 11 is 0. The fraction of sp³-hybridized carbons (Fsp3) is 0.562. The molecule has 1 aliphatic rings. The van der Waals surface area contributed by atoms with E-state index in [0.717, 1.165) is 12.5 Å². The number of ether oxygens (including phenoxy) is 1. The standard InChI is InChI=1S/C16H22N2O/c1-12-3-7-15(8-4-12)18-11-13-5-6-14(10-17)16(9-13)19-2/h5-6,9,12,15,18H,3-4,7-8,11H2,1-2H3. The smallest absolute Gasteiger partial charge is 0.136 e. The molecule has 0 aromatic heterocycles. The summed E-state index contributed by atoms with van der Waals surface area (Å²) < 4.78 is 5.23. The number of hydrogen-bond donors (Lipinski definition) is 1. The van der Waals surface area contributed by atoms with Crippen LogP contribution >= 0.6 is 0 Å². The summed E-state index contributed by atoms with van der Waals surface area (Å²) in [4.78, 5) is 0. The van der Waals surface area contributed by atoms with Crippen molar-refractivity contribution in [3.05, 3.63) is 29.3 Å². The maximum absolute atomic E-state index is 8.95. The molecule has 0 bridgehead atoms. The topological polar surface area (TPSA) is 45.0 Å². The maximum atomic E-state index is 8.95. The predicted molar refractivity (Wildman–Crippen MR) is 76.0 cm³/mol. The Hall–Kier alpha value is -1.53. The first-order chi connectivity index (χ1) is 9.22. The Labute approximate surface area is 115 Å². The van der Waals surface area contributed by atoms with Crippen molar-refractivity contribution < 1.29 is 4.74 Å². The molecule has 3 heteroatoms. The zero-order valence-corrected chi connectivity index (χ0v) is 11.8. The molecule has 1 N–H and O–H groups in total. The lowest BCUT2D eigenvalue weighted by atomic mass is 9.87. The first kappa shape index (κ1) is 13.9. The van der Waals surface area contributed by atoms with Crippen LogP contribution < -0.4 is 10.1 Å². The van der Waals surface area contributed by atoms with Crippen LogP contribution in [0.25, 0.3) is 0 Å². The Morgan fingerprint density at radius 1 is 1.32 bits per heavy atom. The number of nitrogens with one attached hydrogen (secondary N) is 1. The van der Waals surface area contributed by atoms with Crippen LogP contribution in [0.1, 0.15) is 43.7 Å². The molecule has 1 saturated carbocycles. The minimum atomic E-state index is 0.595. The van der Waals surface area contributed by atoms with Crippen LogP contribution in [0.4, 0.5) is 0 Å². The highest BCUT2D eigenvalue weighted by Crippen LogP contribution is 2.24. The Balaban J connectivity index is 1.91. The molecule has 1 aromatic rings. The van der Waals surface area contributed by atoms with Gasteiger partial charge in [-0.1, -0.05) is 13.0 Å². The number of nitrogens with zero attached hydrogens (tertiary/aromatic N) is 1. The molecule has 3 nitrogen and oxygen atoms in total. The number of hydrogen-bond acceptors (Lipinski definition) is 3. The first-order valence-electron chi connectivity index (χ1n) is 7.03. The Bertz CT molecular complexity index is 456. The Kier molecular flexibility index (Phi) is 4.81. The second kappa shape index (κ2) is 6.58. The van der Waals surface area contributed by atoms with Crippen molar-refractivity contribution in [3.8, 4) is 11.8 Å². The van der Waals surface area contributed by atoms with Crippen molar-refractivity contribution in [2.24, 2.45) is 5.92 Å². The predicted octanol–water partition coefficient (Wildman–Crippen LogP) is 3.24. The molecular formula is C16H22N2O. The molecule has 102 valence electrons. The summed E-state index contributed by atoms with van der Waals surface area (Å²) in [7, 11) is 1.61. The van der Waals surface area contributed by atoms with Gasteiger partial charge in [-0.3, -0.25) is 0 Å². The summed E-state index contributed by atoms with van der Waals surface area (Å²) in [5.74, 6) is 1.55. The summed E-state index contributed by atoms with van der Waals surface area (Å²) in [5.41, 5.74) is 1.77. The first-order valence-corrected chi connectivity index (χ1v) is 7.03. The lowest BCUT2D eigenvalue weighted by Crippen LogP contribution is -2.32. The fourth-order valence-corrected chi connectivity index (χ4v) is 2.66. The normalized spacial score (nSPS) is 22.8.